The molecule has 0 bridgehead atoms. The van der Waals surface area contributed by atoms with E-state index in [0.29, 0.717) is 6.54 Å². The van der Waals surface area contributed by atoms with Gasteiger partial charge in [0.05, 0.1) is 0 Å². The van der Waals surface area contributed by atoms with Gasteiger partial charge in [0.2, 0.25) is 5.91 Å². The maximum Gasteiger partial charge on any atom is 0.244 e. The summed E-state index contributed by atoms with van der Waals surface area (Å²) in [5.41, 5.74) is 0. The zero-order chi connectivity index (χ0) is 7.40. The van der Waals surface area contributed by atoms with Gasteiger partial charge < -0.3 is 0 Å². The molecule has 1 fully saturated rings. The van der Waals surface area contributed by atoms with Crippen LogP contribution in [0.5, 0.6) is 0 Å². The van der Waals surface area contributed by atoms with E-state index in [4.69, 9.17) is 0 Å². The van der Waals surface area contributed by atoms with Crippen LogP contribution < -0.4 is 5.32 Å². The standard InChI is InChI=1S/C8H14NO/c1-2-9-8(10)7-5-3-4-6-7/h7H,2-6H2,1H3. The summed E-state index contributed by atoms with van der Waals surface area (Å²) in [5.74, 6) is 0.417. The van der Waals surface area contributed by atoms with E-state index in [1.165, 1.54) is 12.8 Å². The molecule has 1 aliphatic rings. The van der Waals surface area contributed by atoms with Gasteiger partial charge in [-0.3, -0.25) is 10.1 Å². The van der Waals surface area contributed by atoms with Gasteiger partial charge in [-0.25, -0.2) is 0 Å². The summed E-state index contributed by atoms with van der Waals surface area (Å²) in [7, 11) is 0. The third-order valence-electron chi connectivity index (χ3n) is 2.02. The lowest BCUT2D eigenvalue weighted by Gasteiger charge is -2.04. The second-order valence-electron chi connectivity index (χ2n) is 2.79. The molecule has 1 saturated carbocycles. The van der Waals surface area contributed by atoms with Crippen LogP contribution in [-0.2, 0) is 4.79 Å². The van der Waals surface area contributed by atoms with Crippen LogP contribution in [0.3, 0.4) is 0 Å². The smallest absolute Gasteiger partial charge is 0.244 e. The zero-order valence-corrected chi connectivity index (χ0v) is 6.47. The van der Waals surface area contributed by atoms with E-state index in [-0.39, 0.29) is 11.8 Å². The van der Waals surface area contributed by atoms with Gasteiger partial charge in [-0.2, -0.15) is 0 Å². The predicted octanol–water partition coefficient (Wildman–Crippen LogP) is 1.33. The monoisotopic (exact) mass is 140 g/mol. The molecule has 1 amide bonds. The van der Waals surface area contributed by atoms with Crippen molar-refractivity contribution in [2.75, 3.05) is 6.54 Å². The van der Waals surface area contributed by atoms with Crippen LogP contribution in [-0.4, -0.2) is 12.5 Å². The van der Waals surface area contributed by atoms with Crippen molar-refractivity contribution >= 4 is 5.91 Å². The minimum atomic E-state index is 0.139. The molecule has 0 heterocycles. The molecule has 57 valence electrons. The second-order valence-corrected chi connectivity index (χ2v) is 2.79. The molecule has 1 aliphatic carbocycles. The molecule has 0 N–H and O–H groups in total. The molecule has 0 aliphatic heterocycles. The Labute approximate surface area is 62.0 Å². The van der Waals surface area contributed by atoms with Crippen molar-refractivity contribution < 1.29 is 4.79 Å². The molecule has 10 heavy (non-hydrogen) atoms. The van der Waals surface area contributed by atoms with Crippen molar-refractivity contribution in [1.82, 2.24) is 5.32 Å². The van der Waals surface area contributed by atoms with Crippen LogP contribution in [0, 0.1) is 5.92 Å². The molecule has 0 aromatic rings. The summed E-state index contributed by atoms with van der Waals surface area (Å²) in [6.07, 6.45) is 4.58. The number of rotatable bonds is 2. The minimum Gasteiger partial charge on any atom is -0.273 e. The van der Waals surface area contributed by atoms with E-state index in [2.05, 4.69) is 5.32 Å². The van der Waals surface area contributed by atoms with Crippen molar-refractivity contribution in [2.45, 2.75) is 32.6 Å². The Morgan fingerprint density at radius 1 is 1.50 bits per heavy atom. The highest BCUT2D eigenvalue weighted by Gasteiger charge is 2.22. The molecule has 2 nitrogen and oxygen atoms in total. The quantitative estimate of drug-likeness (QED) is 0.569. The molecule has 2 heteroatoms. The summed E-state index contributed by atoms with van der Waals surface area (Å²) >= 11 is 0. The van der Waals surface area contributed by atoms with Gasteiger partial charge in [-0.05, 0) is 19.8 Å². The first kappa shape index (κ1) is 7.58. The first-order chi connectivity index (χ1) is 4.84. The van der Waals surface area contributed by atoms with E-state index in [9.17, 15) is 4.79 Å². The summed E-state index contributed by atoms with van der Waals surface area (Å²) in [5, 5.41) is 3.87. The lowest BCUT2D eigenvalue weighted by molar-refractivity contribution is -0.125. The Morgan fingerprint density at radius 2 is 2.10 bits per heavy atom. The van der Waals surface area contributed by atoms with E-state index >= 15 is 0 Å². The fraction of sp³-hybridized carbons (Fsp3) is 0.875. The van der Waals surface area contributed by atoms with Gasteiger partial charge in [0.25, 0.3) is 0 Å². The largest absolute Gasteiger partial charge is 0.273 e. The maximum atomic E-state index is 11.1. The summed E-state index contributed by atoms with van der Waals surface area (Å²) in [6.45, 7) is 2.56. The Balaban J connectivity index is 2.25. The minimum absolute atomic E-state index is 0.139. The highest BCUT2D eigenvalue weighted by molar-refractivity contribution is 5.78. The number of amides is 1. The number of nitrogens with zero attached hydrogens (tertiary/aromatic N) is 1. The maximum absolute atomic E-state index is 11.1. The zero-order valence-electron chi connectivity index (χ0n) is 6.47. The number of hydrogen-bond acceptors (Lipinski definition) is 1. The molecule has 0 atom stereocenters. The Morgan fingerprint density at radius 3 is 2.60 bits per heavy atom. The Kier molecular flexibility index (Phi) is 2.72. The van der Waals surface area contributed by atoms with Crippen molar-refractivity contribution in [2.24, 2.45) is 5.92 Å². The lowest BCUT2D eigenvalue weighted by atomic mass is 10.1. The second kappa shape index (κ2) is 3.59. The summed E-state index contributed by atoms with van der Waals surface area (Å²) in [4.78, 5) is 11.1. The summed E-state index contributed by atoms with van der Waals surface area (Å²) in [6, 6.07) is 0. The highest BCUT2D eigenvalue weighted by Crippen LogP contribution is 2.24. The van der Waals surface area contributed by atoms with Crippen LogP contribution in [0.1, 0.15) is 32.6 Å². The van der Waals surface area contributed by atoms with Crippen LogP contribution in [0.2, 0.25) is 0 Å². The number of carbonyl (C=O) groups excluding carboxylic acids is 1. The van der Waals surface area contributed by atoms with Gasteiger partial charge in [0.15, 0.2) is 0 Å². The molecule has 0 spiro atoms. The van der Waals surface area contributed by atoms with Gasteiger partial charge >= 0.3 is 0 Å². The predicted molar refractivity (Wildman–Crippen MR) is 39.6 cm³/mol. The molecule has 1 radical (unpaired) electrons. The first-order valence-corrected chi connectivity index (χ1v) is 4.06. The van der Waals surface area contributed by atoms with Gasteiger partial charge in [0, 0.05) is 12.5 Å². The summed E-state index contributed by atoms with van der Waals surface area (Å²) < 4.78 is 0. The Hall–Kier alpha value is -0.530. The molecule has 1 rings (SSSR count). The highest BCUT2D eigenvalue weighted by atomic mass is 16.1. The normalized spacial score (nSPS) is 19.3. The Bertz CT molecular complexity index is 116. The van der Waals surface area contributed by atoms with E-state index in [1.54, 1.807) is 0 Å². The van der Waals surface area contributed by atoms with E-state index in [0.717, 1.165) is 12.8 Å². The van der Waals surface area contributed by atoms with Gasteiger partial charge in [0.1, 0.15) is 0 Å². The fourth-order valence-electron chi connectivity index (χ4n) is 1.46. The number of carbonyl (C=O) groups is 1. The average molecular weight is 140 g/mol. The molecule has 0 aromatic heterocycles. The number of hydrogen-bond donors (Lipinski definition) is 0. The molecule has 0 aromatic carbocycles. The first-order valence-electron chi connectivity index (χ1n) is 4.06. The third kappa shape index (κ3) is 1.72. The molecule has 0 unspecified atom stereocenters. The van der Waals surface area contributed by atoms with E-state index < -0.39 is 0 Å². The lowest BCUT2D eigenvalue weighted by Crippen LogP contribution is -2.22. The SMILES string of the molecule is CC[N]C(=O)C1CCCC1. The fourth-order valence-corrected chi connectivity index (χ4v) is 1.46. The van der Waals surface area contributed by atoms with Gasteiger partial charge in [-0.15, -0.1) is 0 Å². The van der Waals surface area contributed by atoms with Crippen molar-refractivity contribution in [3.05, 3.63) is 0 Å². The topological polar surface area (TPSA) is 31.2 Å². The van der Waals surface area contributed by atoms with Crippen LogP contribution in [0.15, 0.2) is 0 Å². The average Bonchev–Trinajstić information content (AvgIpc) is 2.38. The van der Waals surface area contributed by atoms with Crippen molar-refractivity contribution in [3.63, 3.8) is 0 Å². The van der Waals surface area contributed by atoms with Crippen molar-refractivity contribution in [3.8, 4) is 0 Å². The van der Waals surface area contributed by atoms with Crippen LogP contribution in [0.4, 0.5) is 0 Å². The molecular formula is C8H14NO. The van der Waals surface area contributed by atoms with Crippen molar-refractivity contribution in [1.29, 1.82) is 0 Å². The van der Waals surface area contributed by atoms with Crippen LogP contribution >= 0.6 is 0 Å². The van der Waals surface area contributed by atoms with E-state index in [1.807, 2.05) is 6.92 Å². The van der Waals surface area contributed by atoms with Gasteiger partial charge in [-0.1, -0.05) is 12.8 Å². The molecular weight excluding hydrogens is 126 g/mol. The third-order valence-corrected chi connectivity index (χ3v) is 2.02. The molecule has 0 saturated heterocycles. The van der Waals surface area contributed by atoms with Crippen LogP contribution in [0.25, 0.3) is 0 Å².